The molecule has 0 N–H and O–H groups in total. The molecular formula is C20H19P. The van der Waals surface area contributed by atoms with Crippen LogP contribution in [0.2, 0.25) is 0 Å². The molecule has 3 rings (SSSR count). The minimum atomic E-state index is 1.05. The third-order valence-electron chi connectivity index (χ3n) is 3.82. The topological polar surface area (TPSA) is 0 Å². The number of hydrogen-bond acceptors (Lipinski definition) is 0. The van der Waals surface area contributed by atoms with E-state index in [-0.39, 0.29) is 0 Å². The quantitative estimate of drug-likeness (QED) is 0.590. The maximum absolute atomic E-state index is 2.81. The molecule has 0 nitrogen and oxygen atoms in total. The molecule has 104 valence electrons. The highest BCUT2D eigenvalue weighted by atomic mass is 31.0. The Morgan fingerprint density at radius 3 is 2.19 bits per heavy atom. The molecule has 3 aromatic rings. The van der Waals surface area contributed by atoms with Gasteiger partial charge in [-0.15, -0.1) is 9.24 Å². The van der Waals surface area contributed by atoms with Gasteiger partial charge in [0.05, 0.1) is 0 Å². The zero-order valence-electron chi connectivity index (χ0n) is 12.2. The summed E-state index contributed by atoms with van der Waals surface area (Å²) in [5.74, 6) is 0. The molecule has 1 atom stereocenters. The maximum Gasteiger partial charge on any atom is -0.00965 e. The molecular weight excluding hydrogens is 271 g/mol. The molecule has 0 aliphatic heterocycles. The predicted molar refractivity (Wildman–Crippen MR) is 96.0 cm³/mol. The number of hydrogen-bond donors (Lipinski definition) is 0. The highest BCUT2D eigenvalue weighted by Crippen LogP contribution is 2.33. The number of benzene rings is 3. The Bertz CT molecular complexity index is 745. The van der Waals surface area contributed by atoms with Gasteiger partial charge in [-0.25, -0.2) is 0 Å². The second-order valence-corrected chi connectivity index (χ2v) is 5.85. The van der Waals surface area contributed by atoms with Crippen LogP contribution in [-0.4, -0.2) is 0 Å². The molecule has 0 aliphatic carbocycles. The molecule has 0 saturated heterocycles. The van der Waals surface area contributed by atoms with E-state index in [1.165, 1.54) is 33.1 Å². The van der Waals surface area contributed by atoms with Crippen molar-refractivity contribution in [3.63, 3.8) is 0 Å². The highest BCUT2D eigenvalue weighted by Gasteiger charge is 2.10. The summed E-state index contributed by atoms with van der Waals surface area (Å²) in [4.78, 5) is 0. The smallest absolute Gasteiger partial charge is 0.00965 e. The average Bonchev–Trinajstić information content (AvgIpc) is 2.55. The second-order valence-electron chi connectivity index (χ2n) is 5.18. The summed E-state index contributed by atoms with van der Waals surface area (Å²) in [5, 5.41) is 1.22. The van der Waals surface area contributed by atoms with Gasteiger partial charge in [-0.3, -0.25) is 0 Å². The second kappa shape index (κ2) is 6.24. The van der Waals surface area contributed by atoms with E-state index in [1.54, 1.807) is 0 Å². The van der Waals surface area contributed by atoms with Crippen molar-refractivity contribution in [2.24, 2.45) is 0 Å². The van der Waals surface area contributed by atoms with Crippen molar-refractivity contribution in [1.29, 1.82) is 0 Å². The van der Waals surface area contributed by atoms with E-state index in [4.69, 9.17) is 0 Å². The molecule has 0 heterocycles. The van der Waals surface area contributed by atoms with Gasteiger partial charge in [-0.05, 0) is 45.6 Å². The van der Waals surface area contributed by atoms with Crippen LogP contribution in [0, 0.1) is 0 Å². The minimum absolute atomic E-state index is 1.05. The van der Waals surface area contributed by atoms with Crippen LogP contribution in [0.25, 0.3) is 22.3 Å². The van der Waals surface area contributed by atoms with Crippen molar-refractivity contribution in [2.75, 3.05) is 0 Å². The van der Waals surface area contributed by atoms with Gasteiger partial charge in [0.25, 0.3) is 0 Å². The minimum Gasteiger partial charge on any atom is -0.106 e. The Kier molecular flexibility index (Phi) is 4.18. The van der Waals surface area contributed by atoms with E-state index < -0.39 is 0 Å². The van der Waals surface area contributed by atoms with Gasteiger partial charge in [0.2, 0.25) is 0 Å². The van der Waals surface area contributed by atoms with Gasteiger partial charge < -0.3 is 0 Å². The molecule has 0 radical (unpaired) electrons. The number of rotatable bonds is 3. The van der Waals surface area contributed by atoms with Crippen molar-refractivity contribution in [3.8, 4) is 22.3 Å². The molecule has 21 heavy (non-hydrogen) atoms. The summed E-state index contributed by atoms with van der Waals surface area (Å²) < 4.78 is 0. The lowest BCUT2D eigenvalue weighted by molar-refractivity contribution is 1.14. The van der Waals surface area contributed by atoms with Gasteiger partial charge in [-0.1, -0.05) is 73.7 Å². The maximum atomic E-state index is 2.81. The van der Waals surface area contributed by atoms with E-state index in [0.29, 0.717) is 0 Å². The molecule has 0 aliphatic rings. The van der Waals surface area contributed by atoms with Gasteiger partial charge >= 0.3 is 0 Å². The molecule has 3 aromatic carbocycles. The first-order valence-corrected chi connectivity index (χ1v) is 7.90. The number of aryl methyl sites for hydroxylation is 1. The zero-order valence-corrected chi connectivity index (χ0v) is 13.4. The van der Waals surface area contributed by atoms with Crippen molar-refractivity contribution in [3.05, 3.63) is 78.4 Å². The van der Waals surface area contributed by atoms with Gasteiger partial charge in [0, 0.05) is 0 Å². The standard InChI is InChI=1S/C20H19P/c1-2-15-8-6-7-11-18(15)20-14-17(21)12-13-19(20)16-9-4-3-5-10-16/h3-14H,2,21H2,1H3. The summed E-state index contributed by atoms with van der Waals surface area (Å²) in [6, 6.07) is 25.9. The SMILES string of the molecule is CCc1ccccc1-c1cc(P)ccc1-c1ccccc1. The van der Waals surface area contributed by atoms with Crippen LogP contribution in [0.1, 0.15) is 12.5 Å². The van der Waals surface area contributed by atoms with E-state index in [1.807, 2.05) is 0 Å². The Labute approximate surface area is 129 Å². The lowest BCUT2D eigenvalue weighted by Gasteiger charge is -2.14. The fourth-order valence-corrected chi connectivity index (χ4v) is 3.01. The molecule has 0 spiro atoms. The first-order chi connectivity index (χ1) is 10.3. The van der Waals surface area contributed by atoms with E-state index in [9.17, 15) is 0 Å². The third kappa shape index (κ3) is 2.91. The van der Waals surface area contributed by atoms with Crippen LogP contribution < -0.4 is 5.30 Å². The third-order valence-corrected chi connectivity index (χ3v) is 4.18. The molecule has 1 heteroatoms. The summed E-state index contributed by atoms with van der Waals surface area (Å²) in [7, 11) is 2.81. The molecule has 0 amide bonds. The zero-order chi connectivity index (χ0) is 14.7. The van der Waals surface area contributed by atoms with Crippen LogP contribution in [0.15, 0.2) is 72.8 Å². The van der Waals surface area contributed by atoms with Crippen LogP contribution in [0.4, 0.5) is 0 Å². The average molecular weight is 290 g/mol. The summed E-state index contributed by atoms with van der Waals surface area (Å²) >= 11 is 0. The van der Waals surface area contributed by atoms with E-state index >= 15 is 0 Å². The normalized spacial score (nSPS) is 10.6. The van der Waals surface area contributed by atoms with Crippen molar-refractivity contribution < 1.29 is 0 Å². The highest BCUT2D eigenvalue weighted by molar-refractivity contribution is 7.27. The van der Waals surface area contributed by atoms with Crippen LogP contribution >= 0.6 is 9.24 Å². The summed E-state index contributed by atoms with van der Waals surface area (Å²) in [6.45, 7) is 2.21. The van der Waals surface area contributed by atoms with Crippen LogP contribution in [0.5, 0.6) is 0 Å². The lowest BCUT2D eigenvalue weighted by Crippen LogP contribution is -1.96. The lowest BCUT2D eigenvalue weighted by atomic mass is 9.91. The van der Waals surface area contributed by atoms with Crippen LogP contribution in [-0.2, 0) is 6.42 Å². The summed E-state index contributed by atoms with van der Waals surface area (Å²) in [6.07, 6.45) is 1.05. The predicted octanol–water partition coefficient (Wildman–Crippen LogP) is 5.08. The van der Waals surface area contributed by atoms with Crippen molar-refractivity contribution in [2.45, 2.75) is 13.3 Å². The molecule has 0 saturated carbocycles. The van der Waals surface area contributed by atoms with E-state index in [0.717, 1.165) is 6.42 Å². The Morgan fingerprint density at radius 1 is 0.714 bits per heavy atom. The van der Waals surface area contributed by atoms with Crippen LogP contribution in [0.3, 0.4) is 0 Å². The molecule has 1 unspecified atom stereocenters. The van der Waals surface area contributed by atoms with Gasteiger partial charge in [-0.2, -0.15) is 0 Å². The van der Waals surface area contributed by atoms with Gasteiger partial charge in [0.15, 0.2) is 0 Å². The molecule has 0 aromatic heterocycles. The van der Waals surface area contributed by atoms with E-state index in [2.05, 4.69) is 89.0 Å². The van der Waals surface area contributed by atoms with Crippen molar-refractivity contribution >= 4 is 14.5 Å². The fraction of sp³-hybridized carbons (Fsp3) is 0.100. The Balaban J connectivity index is 2.25. The summed E-state index contributed by atoms with van der Waals surface area (Å²) in [5.41, 5.74) is 6.60. The van der Waals surface area contributed by atoms with Gasteiger partial charge in [0.1, 0.15) is 0 Å². The Hall–Kier alpha value is -1.91. The first kappa shape index (κ1) is 14.0. The largest absolute Gasteiger partial charge is 0.106 e. The monoisotopic (exact) mass is 290 g/mol. The first-order valence-electron chi connectivity index (χ1n) is 7.33. The Morgan fingerprint density at radius 2 is 1.43 bits per heavy atom. The molecule has 0 bridgehead atoms. The fourth-order valence-electron chi connectivity index (χ4n) is 2.75. The van der Waals surface area contributed by atoms with Crippen molar-refractivity contribution in [1.82, 2.24) is 0 Å². The molecule has 0 fully saturated rings.